The monoisotopic (exact) mass is 300 g/mol. The van der Waals surface area contributed by atoms with Gasteiger partial charge in [-0.3, -0.25) is 9.59 Å². The molecule has 6 heteroatoms. The summed E-state index contributed by atoms with van der Waals surface area (Å²) in [5, 5.41) is 11.4. The van der Waals surface area contributed by atoms with Crippen LogP contribution in [0.4, 0.5) is 0 Å². The first kappa shape index (κ1) is 19.9. The standard InChI is InChI=1S/C15H32N4O2/c1-16-12-14(20)18-10-8-6-4-3-5-7-9-11-19-15(21)13-17-2/h16-17H,3-13H2,1-2H3,(H,18,20)(H,19,21). The number of carbonyl (C=O) groups excluding carboxylic acids is 2. The van der Waals surface area contributed by atoms with E-state index in [-0.39, 0.29) is 11.8 Å². The first-order chi connectivity index (χ1) is 10.2. The molecule has 0 bridgehead atoms. The fourth-order valence-electron chi connectivity index (χ4n) is 2.04. The molecule has 0 saturated carbocycles. The quantitative estimate of drug-likeness (QED) is 0.350. The Bertz CT molecular complexity index is 246. The largest absolute Gasteiger partial charge is 0.355 e. The number of hydrogen-bond acceptors (Lipinski definition) is 4. The van der Waals surface area contributed by atoms with Gasteiger partial charge in [0.25, 0.3) is 0 Å². The van der Waals surface area contributed by atoms with Crippen LogP contribution in [0.3, 0.4) is 0 Å². The molecule has 0 fully saturated rings. The number of carbonyl (C=O) groups is 2. The summed E-state index contributed by atoms with van der Waals surface area (Å²) in [7, 11) is 3.54. The van der Waals surface area contributed by atoms with Crippen molar-refractivity contribution in [3.05, 3.63) is 0 Å². The van der Waals surface area contributed by atoms with Gasteiger partial charge >= 0.3 is 0 Å². The number of likely N-dealkylation sites (N-methyl/N-ethyl adjacent to an activating group) is 2. The van der Waals surface area contributed by atoms with Gasteiger partial charge in [-0.1, -0.05) is 32.1 Å². The number of unbranched alkanes of at least 4 members (excludes halogenated alkanes) is 6. The SMILES string of the molecule is CNCC(=O)NCCCCCCCCCNC(=O)CNC. The van der Waals surface area contributed by atoms with E-state index in [1.807, 2.05) is 0 Å². The molecule has 0 saturated heterocycles. The molecule has 0 atom stereocenters. The van der Waals surface area contributed by atoms with Crippen LogP contribution in [0.1, 0.15) is 44.9 Å². The maximum absolute atomic E-state index is 11.2. The van der Waals surface area contributed by atoms with Crippen molar-refractivity contribution < 1.29 is 9.59 Å². The second-order valence-corrected chi connectivity index (χ2v) is 5.24. The fraction of sp³-hybridized carbons (Fsp3) is 0.867. The smallest absolute Gasteiger partial charge is 0.233 e. The third-order valence-electron chi connectivity index (χ3n) is 3.17. The topological polar surface area (TPSA) is 82.3 Å². The fourth-order valence-corrected chi connectivity index (χ4v) is 2.04. The maximum Gasteiger partial charge on any atom is 0.233 e. The molecule has 0 heterocycles. The van der Waals surface area contributed by atoms with Crippen LogP contribution in [0.25, 0.3) is 0 Å². The lowest BCUT2D eigenvalue weighted by atomic mass is 10.1. The molecular formula is C15H32N4O2. The van der Waals surface area contributed by atoms with Crippen LogP contribution in [-0.2, 0) is 9.59 Å². The Hall–Kier alpha value is -1.14. The lowest BCUT2D eigenvalue weighted by molar-refractivity contribution is -0.120. The average molecular weight is 300 g/mol. The van der Waals surface area contributed by atoms with Gasteiger partial charge in [0.2, 0.25) is 11.8 Å². The van der Waals surface area contributed by atoms with Crippen LogP contribution in [0.5, 0.6) is 0 Å². The van der Waals surface area contributed by atoms with Crippen molar-refractivity contribution in [3.8, 4) is 0 Å². The van der Waals surface area contributed by atoms with E-state index in [4.69, 9.17) is 0 Å². The summed E-state index contributed by atoms with van der Waals surface area (Å²) in [5.41, 5.74) is 0. The lowest BCUT2D eigenvalue weighted by Crippen LogP contribution is -2.32. The summed E-state index contributed by atoms with van der Waals surface area (Å²) in [6, 6.07) is 0. The highest BCUT2D eigenvalue weighted by Gasteiger charge is 1.98. The zero-order chi connectivity index (χ0) is 15.8. The van der Waals surface area contributed by atoms with E-state index < -0.39 is 0 Å². The molecule has 124 valence electrons. The summed E-state index contributed by atoms with van der Waals surface area (Å²) in [4.78, 5) is 22.3. The van der Waals surface area contributed by atoms with Gasteiger partial charge in [-0.15, -0.1) is 0 Å². The van der Waals surface area contributed by atoms with E-state index in [0.717, 1.165) is 25.9 Å². The minimum absolute atomic E-state index is 0.0674. The Morgan fingerprint density at radius 3 is 1.29 bits per heavy atom. The predicted octanol–water partition coefficient (Wildman–Crippen LogP) is 0.388. The molecule has 0 aromatic carbocycles. The molecule has 0 aromatic rings. The predicted molar refractivity (Wildman–Crippen MR) is 86.2 cm³/mol. The van der Waals surface area contributed by atoms with E-state index in [1.165, 1.54) is 32.1 Å². The molecule has 4 N–H and O–H groups in total. The van der Waals surface area contributed by atoms with Crippen molar-refractivity contribution >= 4 is 11.8 Å². The van der Waals surface area contributed by atoms with Crippen molar-refractivity contribution in [2.24, 2.45) is 0 Å². The highest BCUT2D eigenvalue weighted by molar-refractivity contribution is 5.78. The zero-order valence-corrected chi connectivity index (χ0v) is 13.6. The first-order valence-corrected chi connectivity index (χ1v) is 8.03. The molecule has 21 heavy (non-hydrogen) atoms. The molecule has 6 nitrogen and oxygen atoms in total. The van der Waals surface area contributed by atoms with Crippen molar-refractivity contribution in [3.63, 3.8) is 0 Å². The van der Waals surface area contributed by atoms with Gasteiger partial charge in [0.15, 0.2) is 0 Å². The van der Waals surface area contributed by atoms with Crippen LogP contribution in [-0.4, -0.2) is 52.1 Å². The summed E-state index contributed by atoms with van der Waals surface area (Å²) in [6.07, 6.45) is 8.10. The van der Waals surface area contributed by atoms with Crippen molar-refractivity contribution in [1.82, 2.24) is 21.3 Å². The van der Waals surface area contributed by atoms with Gasteiger partial charge in [-0.25, -0.2) is 0 Å². The summed E-state index contributed by atoms with van der Waals surface area (Å²) in [5.74, 6) is 0.135. The Labute approximate surface area is 128 Å². The third kappa shape index (κ3) is 15.1. The Balaban J connectivity index is 3.12. The van der Waals surface area contributed by atoms with Crippen molar-refractivity contribution in [2.45, 2.75) is 44.9 Å². The maximum atomic E-state index is 11.2. The molecule has 0 radical (unpaired) electrons. The van der Waals surface area contributed by atoms with Crippen molar-refractivity contribution in [2.75, 3.05) is 40.3 Å². The summed E-state index contributed by atoms with van der Waals surface area (Å²) in [6.45, 7) is 2.34. The average Bonchev–Trinajstić information content (AvgIpc) is 2.45. The molecule has 2 amide bonds. The normalized spacial score (nSPS) is 10.4. The third-order valence-corrected chi connectivity index (χ3v) is 3.17. The Morgan fingerprint density at radius 2 is 0.952 bits per heavy atom. The molecule has 0 aliphatic heterocycles. The van der Waals surface area contributed by atoms with Gasteiger partial charge in [-0.2, -0.15) is 0 Å². The highest BCUT2D eigenvalue weighted by atomic mass is 16.2. The van der Waals surface area contributed by atoms with E-state index in [9.17, 15) is 9.59 Å². The number of hydrogen-bond donors (Lipinski definition) is 4. The summed E-state index contributed by atoms with van der Waals surface area (Å²) >= 11 is 0. The lowest BCUT2D eigenvalue weighted by Gasteiger charge is -2.06. The number of rotatable bonds is 14. The van der Waals surface area contributed by atoms with Gasteiger partial charge in [-0.05, 0) is 26.9 Å². The highest BCUT2D eigenvalue weighted by Crippen LogP contribution is 2.06. The van der Waals surface area contributed by atoms with Crippen LogP contribution in [0.15, 0.2) is 0 Å². The van der Waals surface area contributed by atoms with E-state index in [1.54, 1.807) is 14.1 Å². The zero-order valence-electron chi connectivity index (χ0n) is 13.6. The Morgan fingerprint density at radius 1 is 0.619 bits per heavy atom. The molecular weight excluding hydrogens is 268 g/mol. The minimum Gasteiger partial charge on any atom is -0.355 e. The van der Waals surface area contributed by atoms with Gasteiger partial charge in [0, 0.05) is 13.1 Å². The van der Waals surface area contributed by atoms with Crippen LogP contribution in [0, 0.1) is 0 Å². The second kappa shape index (κ2) is 15.3. The first-order valence-electron chi connectivity index (χ1n) is 8.03. The van der Waals surface area contributed by atoms with Crippen LogP contribution in [0.2, 0.25) is 0 Å². The molecule has 0 aliphatic carbocycles. The summed E-state index contributed by atoms with van der Waals surface area (Å²) < 4.78 is 0. The van der Waals surface area contributed by atoms with Gasteiger partial charge in [0.1, 0.15) is 0 Å². The second-order valence-electron chi connectivity index (χ2n) is 5.24. The molecule has 0 unspecified atom stereocenters. The van der Waals surface area contributed by atoms with E-state index >= 15 is 0 Å². The minimum atomic E-state index is 0.0674. The van der Waals surface area contributed by atoms with Gasteiger partial charge < -0.3 is 21.3 Å². The van der Waals surface area contributed by atoms with Crippen molar-refractivity contribution in [1.29, 1.82) is 0 Å². The molecule has 0 rings (SSSR count). The van der Waals surface area contributed by atoms with Crippen LogP contribution >= 0.6 is 0 Å². The molecule has 0 aromatic heterocycles. The van der Waals surface area contributed by atoms with Gasteiger partial charge in [0.05, 0.1) is 13.1 Å². The van der Waals surface area contributed by atoms with E-state index in [2.05, 4.69) is 21.3 Å². The van der Waals surface area contributed by atoms with Crippen LogP contribution < -0.4 is 21.3 Å². The molecule has 0 aliphatic rings. The Kier molecular flexibility index (Phi) is 14.4. The van der Waals surface area contributed by atoms with E-state index in [0.29, 0.717) is 13.1 Å². The number of nitrogens with one attached hydrogen (secondary N) is 4. The number of amides is 2. The molecule has 0 spiro atoms.